The molecule has 0 radical (unpaired) electrons. The minimum atomic E-state index is -0.514. The zero-order chi connectivity index (χ0) is 15.3. The number of fused-ring (bicyclic) bond motifs is 3. The summed E-state index contributed by atoms with van der Waals surface area (Å²) in [5.41, 5.74) is 2.69. The molecule has 0 fully saturated rings. The standard InChI is InChI=1S/C15H10Cl2FN3O/c16-8-1-2-9-11(5-8)21-3-4-22-7-12(21)13(9)14-10(18)6-19-15(17)20-14/h1-2,5-6H,3-4,7H2. The third kappa shape index (κ3) is 2.08. The van der Waals surface area contributed by atoms with Crippen molar-refractivity contribution in [1.29, 1.82) is 0 Å². The van der Waals surface area contributed by atoms with Crippen LogP contribution in [0, 0.1) is 5.82 Å². The van der Waals surface area contributed by atoms with Gasteiger partial charge in [0.25, 0.3) is 0 Å². The van der Waals surface area contributed by atoms with E-state index in [1.54, 1.807) is 6.07 Å². The Morgan fingerprint density at radius 2 is 2.14 bits per heavy atom. The number of halogens is 3. The lowest BCUT2D eigenvalue weighted by Crippen LogP contribution is -2.16. The van der Waals surface area contributed by atoms with Gasteiger partial charge in [-0.3, -0.25) is 0 Å². The van der Waals surface area contributed by atoms with Crippen molar-refractivity contribution in [2.24, 2.45) is 0 Å². The Morgan fingerprint density at radius 3 is 3.00 bits per heavy atom. The third-order valence-corrected chi connectivity index (χ3v) is 4.20. The molecule has 22 heavy (non-hydrogen) atoms. The summed E-state index contributed by atoms with van der Waals surface area (Å²) >= 11 is 12.0. The molecular weight excluding hydrogens is 328 g/mol. The van der Waals surface area contributed by atoms with E-state index in [0.29, 0.717) is 30.3 Å². The van der Waals surface area contributed by atoms with Crippen LogP contribution in [-0.2, 0) is 17.9 Å². The molecule has 0 N–H and O–H groups in total. The number of aromatic nitrogens is 3. The quantitative estimate of drug-likeness (QED) is 0.628. The number of ether oxygens (including phenoxy) is 1. The van der Waals surface area contributed by atoms with Gasteiger partial charge in [-0.2, -0.15) is 0 Å². The smallest absolute Gasteiger partial charge is 0.223 e. The van der Waals surface area contributed by atoms with E-state index in [1.165, 1.54) is 0 Å². The summed E-state index contributed by atoms with van der Waals surface area (Å²) in [6, 6.07) is 5.52. The van der Waals surface area contributed by atoms with Crippen LogP contribution in [0.2, 0.25) is 10.3 Å². The van der Waals surface area contributed by atoms with E-state index < -0.39 is 5.82 Å². The predicted octanol–water partition coefficient (Wildman–Crippen LogP) is 4.07. The van der Waals surface area contributed by atoms with E-state index in [0.717, 1.165) is 22.8 Å². The Bertz CT molecular complexity index is 894. The third-order valence-electron chi connectivity index (χ3n) is 3.78. The molecule has 0 aliphatic carbocycles. The number of hydrogen-bond acceptors (Lipinski definition) is 3. The zero-order valence-corrected chi connectivity index (χ0v) is 12.8. The second kappa shape index (κ2) is 5.19. The van der Waals surface area contributed by atoms with E-state index >= 15 is 0 Å². The molecule has 3 heterocycles. The molecule has 0 bridgehead atoms. The van der Waals surface area contributed by atoms with E-state index in [4.69, 9.17) is 27.9 Å². The minimum Gasteiger partial charge on any atom is -0.373 e. The van der Waals surface area contributed by atoms with E-state index in [2.05, 4.69) is 14.5 Å². The fourth-order valence-corrected chi connectivity index (χ4v) is 3.19. The summed E-state index contributed by atoms with van der Waals surface area (Å²) in [5.74, 6) is -0.514. The monoisotopic (exact) mass is 337 g/mol. The van der Waals surface area contributed by atoms with E-state index in [1.807, 2.05) is 12.1 Å². The molecule has 0 spiro atoms. The normalized spacial score (nSPS) is 14.3. The van der Waals surface area contributed by atoms with Crippen LogP contribution in [0.3, 0.4) is 0 Å². The molecule has 0 saturated heterocycles. The van der Waals surface area contributed by atoms with Gasteiger partial charge >= 0.3 is 0 Å². The highest BCUT2D eigenvalue weighted by molar-refractivity contribution is 6.31. The zero-order valence-electron chi connectivity index (χ0n) is 11.3. The molecule has 1 aliphatic rings. The van der Waals surface area contributed by atoms with Crippen molar-refractivity contribution in [2.75, 3.05) is 6.61 Å². The van der Waals surface area contributed by atoms with Gasteiger partial charge in [0.05, 0.1) is 30.6 Å². The highest BCUT2D eigenvalue weighted by Crippen LogP contribution is 2.38. The number of hydrogen-bond donors (Lipinski definition) is 0. The molecule has 1 aromatic carbocycles. The van der Waals surface area contributed by atoms with E-state index in [-0.39, 0.29) is 11.0 Å². The lowest BCUT2D eigenvalue weighted by Gasteiger charge is -2.18. The molecule has 7 heteroatoms. The van der Waals surface area contributed by atoms with Crippen LogP contribution >= 0.6 is 23.2 Å². The Kier molecular flexibility index (Phi) is 3.29. The first-order chi connectivity index (χ1) is 10.6. The van der Waals surface area contributed by atoms with Crippen molar-refractivity contribution in [1.82, 2.24) is 14.5 Å². The summed E-state index contributed by atoms with van der Waals surface area (Å²) in [6.07, 6.45) is 1.08. The van der Waals surface area contributed by atoms with Gasteiger partial charge in [-0.15, -0.1) is 0 Å². The molecule has 112 valence electrons. The second-order valence-electron chi connectivity index (χ2n) is 5.02. The highest BCUT2D eigenvalue weighted by atomic mass is 35.5. The summed E-state index contributed by atoms with van der Waals surface area (Å²) in [4.78, 5) is 7.75. The SMILES string of the molecule is Fc1cnc(Cl)nc1-c1c2n(c3cc(Cl)ccc13)CCOC2. The average molecular weight is 338 g/mol. The summed E-state index contributed by atoms with van der Waals surface area (Å²) < 4.78 is 21.9. The molecule has 0 amide bonds. The molecule has 4 rings (SSSR count). The average Bonchev–Trinajstić information content (AvgIpc) is 2.84. The largest absolute Gasteiger partial charge is 0.373 e. The van der Waals surface area contributed by atoms with Crippen LogP contribution in [0.4, 0.5) is 4.39 Å². The van der Waals surface area contributed by atoms with Crippen LogP contribution in [-0.4, -0.2) is 21.1 Å². The van der Waals surface area contributed by atoms with Crippen molar-refractivity contribution >= 4 is 34.1 Å². The topological polar surface area (TPSA) is 39.9 Å². The van der Waals surface area contributed by atoms with Gasteiger partial charge in [-0.1, -0.05) is 17.7 Å². The van der Waals surface area contributed by atoms with Gasteiger partial charge in [0.1, 0.15) is 5.69 Å². The molecule has 4 nitrogen and oxygen atoms in total. The van der Waals surface area contributed by atoms with Gasteiger partial charge in [0, 0.05) is 22.5 Å². The summed E-state index contributed by atoms with van der Waals surface area (Å²) in [6.45, 7) is 1.69. The molecule has 1 aliphatic heterocycles. The lowest BCUT2D eigenvalue weighted by molar-refractivity contribution is 0.0869. The first kappa shape index (κ1) is 13.9. The van der Waals surface area contributed by atoms with Crippen LogP contribution < -0.4 is 0 Å². The molecule has 0 atom stereocenters. The van der Waals surface area contributed by atoms with Gasteiger partial charge < -0.3 is 9.30 Å². The van der Waals surface area contributed by atoms with Crippen LogP contribution in [0.5, 0.6) is 0 Å². The first-order valence-electron chi connectivity index (χ1n) is 6.72. The van der Waals surface area contributed by atoms with Crippen molar-refractivity contribution in [3.63, 3.8) is 0 Å². The van der Waals surface area contributed by atoms with Crippen molar-refractivity contribution in [2.45, 2.75) is 13.2 Å². The fourth-order valence-electron chi connectivity index (χ4n) is 2.89. The van der Waals surface area contributed by atoms with Gasteiger partial charge in [-0.05, 0) is 23.7 Å². The van der Waals surface area contributed by atoms with Crippen molar-refractivity contribution in [3.8, 4) is 11.3 Å². The Balaban J connectivity index is 2.11. The lowest BCUT2D eigenvalue weighted by atomic mass is 10.1. The number of benzene rings is 1. The Hall–Kier alpha value is -1.69. The Morgan fingerprint density at radius 1 is 1.27 bits per heavy atom. The molecule has 3 aromatic rings. The fraction of sp³-hybridized carbons (Fsp3) is 0.200. The van der Waals surface area contributed by atoms with Gasteiger partial charge in [-0.25, -0.2) is 14.4 Å². The van der Waals surface area contributed by atoms with Gasteiger partial charge in [0.2, 0.25) is 5.28 Å². The number of rotatable bonds is 1. The van der Waals surface area contributed by atoms with Crippen LogP contribution in [0.25, 0.3) is 22.2 Å². The maximum atomic E-state index is 14.3. The molecule has 0 unspecified atom stereocenters. The molecule has 2 aromatic heterocycles. The maximum absolute atomic E-state index is 14.3. The highest BCUT2D eigenvalue weighted by Gasteiger charge is 2.24. The molecule has 0 saturated carbocycles. The van der Waals surface area contributed by atoms with Crippen LogP contribution in [0.1, 0.15) is 5.69 Å². The van der Waals surface area contributed by atoms with Crippen molar-refractivity contribution < 1.29 is 9.13 Å². The van der Waals surface area contributed by atoms with Crippen molar-refractivity contribution in [3.05, 3.63) is 46.2 Å². The van der Waals surface area contributed by atoms with Gasteiger partial charge in [0.15, 0.2) is 5.82 Å². The van der Waals surface area contributed by atoms with E-state index in [9.17, 15) is 4.39 Å². The number of nitrogens with zero attached hydrogens (tertiary/aromatic N) is 3. The minimum absolute atomic E-state index is 0.00944. The predicted molar refractivity (Wildman–Crippen MR) is 82.6 cm³/mol. The summed E-state index contributed by atoms with van der Waals surface area (Å²) in [5, 5.41) is 1.51. The maximum Gasteiger partial charge on any atom is 0.223 e. The van der Waals surface area contributed by atoms with Crippen LogP contribution in [0.15, 0.2) is 24.4 Å². The Labute approximate surface area is 135 Å². The molecular formula is C15H10Cl2FN3O. The summed E-state index contributed by atoms with van der Waals surface area (Å²) in [7, 11) is 0. The first-order valence-corrected chi connectivity index (χ1v) is 7.47. The second-order valence-corrected chi connectivity index (χ2v) is 5.80.